The number of ether oxygens (including phenoxy) is 2. The molecule has 2 heterocycles. The molecule has 5 nitrogen and oxygen atoms in total. The Labute approximate surface area is 149 Å². The highest BCUT2D eigenvalue weighted by atomic mass is 79.9. The van der Waals surface area contributed by atoms with Crippen LogP contribution in [-0.2, 0) is 11.2 Å². The topological polar surface area (TPSA) is 51.7 Å². The lowest BCUT2D eigenvalue weighted by molar-refractivity contribution is -0.129. The van der Waals surface area contributed by atoms with Gasteiger partial charge < -0.3 is 14.4 Å². The van der Waals surface area contributed by atoms with Gasteiger partial charge >= 0.3 is 0 Å². The van der Waals surface area contributed by atoms with E-state index in [1.807, 2.05) is 41.3 Å². The van der Waals surface area contributed by atoms with Gasteiger partial charge in [0.2, 0.25) is 11.8 Å². The molecule has 1 atom stereocenters. The van der Waals surface area contributed by atoms with Gasteiger partial charge in [-0.1, -0.05) is 18.2 Å². The molecule has 0 N–H and O–H groups in total. The number of pyridine rings is 1. The third kappa shape index (κ3) is 3.87. The van der Waals surface area contributed by atoms with Crippen molar-refractivity contribution >= 4 is 21.8 Å². The molecule has 1 saturated heterocycles. The van der Waals surface area contributed by atoms with Crippen molar-refractivity contribution in [3.8, 4) is 11.6 Å². The quantitative estimate of drug-likeness (QED) is 0.786. The average Bonchev–Trinajstić information content (AvgIpc) is 3.06. The lowest BCUT2D eigenvalue weighted by Crippen LogP contribution is -2.32. The van der Waals surface area contributed by atoms with Crippen LogP contribution >= 0.6 is 15.9 Å². The number of methoxy groups -OCH3 is 1. The second kappa shape index (κ2) is 7.66. The van der Waals surface area contributed by atoms with Crippen LogP contribution in [0.3, 0.4) is 0 Å². The van der Waals surface area contributed by atoms with Gasteiger partial charge in [-0.05, 0) is 34.1 Å². The Balaban J connectivity index is 1.59. The zero-order valence-electron chi connectivity index (χ0n) is 13.4. The third-order valence-electron chi connectivity index (χ3n) is 4.03. The number of hydrogen-bond donors (Lipinski definition) is 0. The number of aromatic nitrogens is 1. The van der Waals surface area contributed by atoms with Gasteiger partial charge in [-0.2, -0.15) is 0 Å². The summed E-state index contributed by atoms with van der Waals surface area (Å²) < 4.78 is 12.0. The maximum absolute atomic E-state index is 12.5. The molecule has 3 rings (SSSR count). The van der Waals surface area contributed by atoms with Crippen molar-refractivity contribution in [1.82, 2.24) is 9.88 Å². The van der Waals surface area contributed by atoms with E-state index in [9.17, 15) is 4.79 Å². The first-order valence-corrected chi connectivity index (χ1v) is 8.63. The van der Waals surface area contributed by atoms with Crippen molar-refractivity contribution < 1.29 is 14.3 Å². The fraction of sp³-hybridized carbons (Fsp3) is 0.333. The summed E-state index contributed by atoms with van der Waals surface area (Å²) in [6.07, 6.45) is 2.81. The summed E-state index contributed by atoms with van der Waals surface area (Å²) in [5, 5.41) is 0. The summed E-state index contributed by atoms with van der Waals surface area (Å²) in [4.78, 5) is 18.6. The molecule has 2 aromatic rings. The van der Waals surface area contributed by atoms with E-state index in [0.717, 1.165) is 22.2 Å². The number of carbonyl (C=O) groups excluding carboxylic acids is 1. The molecule has 0 bridgehead atoms. The van der Waals surface area contributed by atoms with E-state index < -0.39 is 0 Å². The van der Waals surface area contributed by atoms with Crippen molar-refractivity contribution in [1.29, 1.82) is 0 Å². The molecule has 1 fully saturated rings. The first kappa shape index (κ1) is 16.8. The van der Waals surface area contributed by atoms with Gasteiger partial charge in [-0.3, -0.25) is 4.79 Å². The number of hydrogen-bond acceptors (Lipinski definition) is 4. The predicted molar refractivity (Wildman–Crippen MR) is 94.2 cm³/mol. The first-order chi connectivity index (χ1) is 11.7. The molecule has 0 radical (unpaired) electrons. The molecule has 1 aromatic heterocycles. The van der Waals surface area contributed by atoms with Crippen LogP contribution in [0.5, 0.6) is 11.6 Å². The smallest absolute Gasteiger partial charge is 0.228 e. The number of likely N-dealkylation sites (tertiary alicyclic amines) is 1. The molecular weight excluding hydrogens is 372 g/mol. The maximum atomic E-state index is 12.5. The number of nitrogens with zero attached hydrogens (tertiary/aromatic N) is 2. The molecule has 0 spiro atoms. The normalized spacial score (nSPS) is 16.9. The number of para-hydroxylation sites is 1. The summed E-state index contributed by atoms with van der Waals surface area (Å²) in [6.45, 7) is 1.28. The highest BCUT2D eigenvalue weighted by molar-refractivity contribution is 9.10. The SMILES string of the molecule is COc1ccccc1CC(=O)N1CCC(Oc2ncccc2Br)C1. The van der Waals surface area contributed by atoms with E-state index in [-0.39, 0.29) is 12.0 Å². The molecule has 1 amide bonds. The highest BCUT2D eigenvalue weighted by Crippen LogP contribution is 2.25. The summed E-state index contributed by atoms with van der Waals surface area (Å²) in [7, 11) is 1.62. The van der Waals surface area contributed by atoms with Gasteiger partial charge in [0.15, 0.2) is 0 Å². The largest absolute Gasteiger partial charge is 0.496 e. The number of rotatable bonds is 5. The fourth-order valence-electron chi connectivity index (χ4n) is 2.79. The zero-order chi connectivity index (χ0) is 16.9. The Morgan fingerprint density at radius 2 is 2.17 bits per heavy atom. The summed E-state index contributed by atoms with van der Waals surface area (Å²) in [6, 6.07) is 11.3. The van der Waals surface area contributed by atoms with Crippen LogP contribution < -0.4 is 9.47 Å². The van der Waals surface area contributed by atoms with Crippen LogP contribution in [0.4, 0.5) is 0 Å². The van der Waals surface area contributed by atoms with Crippen LogP contribution in [-0.4, -0.2) is 42.1 Å². The van der Waals surface area contributed by atoms with Crippen LogP contribution in [0, 0.1) is 0 Å². The van der Waals surface area contributed by atoms with E-state index >= 15 is 0 Å². The Kier molecular flexibility index (Phi) is 5.35. The number of halogens is 1. The molecule has 6 heteroatoms. The standard InChI is InChI=1S/C18H19BrN2O3/c1-23-16-7-3-2-5-13(16)11-17(22)21-10-8-14(12-21)24-18-15(19)6-4-9-20-18/h2-7,9,14H,8,10-12H2,1H3. The molecule has 1 aromatic carbocycles. The molecule has 126 valence electrons. The van der Waals surface area contributed by atoms with E-state index in [4.69, 9.17) is 9.47 Å². The summed E-state index contributed by atoms with van der Waals surface area (Å²) >= 11 is 3.43. The van der Waals surface area contributed by atoms with Crippen LogP contribution in [0.1, 0.15) is 12.0 Å². The monoisotopic (exact) mass is 390 g/mol. The third-order valence-corrected chi connectivity index (χ3v) is 4.64. The molecule has 1 aliphatic heterocycles. The van der Waals surface area contributed by atoms with Crippen LogP contribution in [0.15, 0.2) is 47.1 Å². The van der Waals surface area contributed by atoms with E-state index in [1.54, 1.807) is 13.3 Å². The van der Waals surface area contributed by atoms with Gasteiger partial charge in [-0.25, -0.2) is 4.98 Å². The highest BCUT2D eigenvalue weighted by Gasteiger charge is 2.28. The minimum absolute atomic E-state index is 0.0298. The second-order valence-corrected chi connectivity index (χ2v) is 6.50. The van der Waals surface area contributed by atoms with Crippen LogP contribution in [0.2, 0.25) is 0 Å². The molecule has 0 aliphatic carbocycles. The Bertz CT molecular complexity index is 723. The zero-order valence-corrected chi connectivity index (χ0v) is 15.0. The number of benzene rings is 1. The molecule has 0 saturated carbocycles. The number of amides is 1. The molecule has 1 unspecified atom stereocenters. The van der Waals surface area contributed by atoms with Crippen molar-refractivity contribution in [3.63, 3.8) is 0 Å². The minimum Gasteiger partial charge on any atom is -0.496 e. The fourth-order valence-corrected chi connectivity index (χ4v) is 3.14. The predicted octanol–water partition coefficient (Wildman–Crippen LogP) is 3.08. The van der Waals surface area contributed by atoms with Crippen LogP contribution in [0.25, 0.3) is 0 Å². The molecule has 24 heavy (non-hydrogen) atoms. The average molecular weight is 391 g/mol. The van der Waals surface area contributed by atoms with Crippen molar-refractivity contribution in [2.24, 2.45) is 0 Å². The first-order valence-electron chi connectivity index (χ1n) is 7.84. The van der Waals surface area contributed by atoms with E-state index in [0.29, 0.717) is 25.4 Å². The molecular formula is C18H19BrN2O3. The van der Waals surface area contributed by atoms with Gasteiger partial charge in [0, 0.05) is 24.7 Å². The Morgan fingerprint density at radius 1 is 1.33 bits per heavy atom. The van der Waals surface area contributed by atoms with Gasteiger partial charge in [0.25, 0.3) is 0 Å². The Hall–Kier alpha value is -2.08. The maximum Gasteiger partial charge on any atom is 0.228 e. The Morgan fingerprint density at radius 3 is 2.96 bits per heavy atom. The molecule has 1 aliphatic rings. The summed E-state index contributed by atoms with van der Waals surface area (Å²) in [5.74, 6) is 1.41. The lowest BCUT2D eigenvalue weighted by atomic mass is 10.1. The summed E-state index contributed by atoms with van der Waals surface area (Å²) in [5.41, 5.74) is 0.904. The second-order valence-electron chi connectivity index (χ2n) is 5.65. The minimum atomic E-state index is -0.0298. The van der Waals surface area contributed by atoms with Gasteiger partial charge in [0.05, 0.1) is 24.5 Å². The van der Waals surface area contributed by atoms with E-state index in [2.05, 4.69) is 20.9 Å². The van der Waals surface area contributed by atoms with Gasteiger partial charge in [0.1, 0.15) is 11.9 Å². The lowest BCUT2D eigenvalue weighted by Gasteiger charge is -2.18. The van der Waals surface area contributed by atoms with Crippen molar-refractivity contribution in [2.75, 3.05) is 20.2 Å². The van der Waals surface area contributed by atoms with Gasteiger partial charge in [-0.15, -0.1) is 0 Å². The number of carbonyl (C=O) groups is 1. The van der Waals surface area contributed by atoms with Crippen molar-refractivity contribution in [3.05, 3.63) is 52.6 Å². The van der Waals surface area contributed by atoms with Crippen molar-refractivity contribution in [2.45, 2.75) is 18.9 Å². The van der Waals surface area contributed by atoms with E-state index in [1.165, 1.54) is 0 Å².